The third kappa shape index (κ3) is 5.40. The quantitative estimate of drug-likeness (QED) is 0.330. The highest BCUT2D eigenvalue weighted by Crippen LogP contribution is 2.32. The molecule has 0 N–H and O–H groups in total. The first-order valence-electron chi connectivity index (χ1n) is 10.2. The van der Waals surface area contributed by atoms with Crippen LogP contribution in [0, 0.1) is 5.41 Å². The molecular weight excluding hydrogens is 334 g/mol. The SMILES string of the molecule is [2H]C([2H])(/C=C(\C)C(C)(C(=O)OCC)C(C)=Nc1ccccc1)Cc1ccccc1. The van der Waals surface area contributed by atoms with Crippen LogP contribution >= 0.6 is 0 Å². The largest absolute Gasteiger partial charge is 0.465 e. The summed E-state index contributed by atoms with van der Waals surface area (Å²) < 4.78 is 22.3. The van der Waals surface area contributed by atoms with Gasteiger partial charge in [0.05, 0.1) is 12.3 Å². The zero-order valence-electron chi connectivity index (χ0n) is 18.5. The second kappa shape index (κ2) is 9.86. The van der Waals surface area contributed by atoms with Gasteiger partial charge in [-0.2, -0.15) is 0 Å². The number of ether oxygens (including phenoxy) is 1. The van der Waals surface area contributed by atoms with Crippen LogP contribution in [0.15, 0.2) is 77.3 Å². The van der Waals surface area contributed by atoms with E-state index in [1.54, 1.807) is 27.7 Å². The lowest BCUT2D eigenvalue weighted by Crippen LogP contribution is -2.38. The molecule has 2 aromatic carbocycles. The molecule has 0 bridgehead atoms. The Morgan fingerprint density at radius 3 is 2.30 bits per heavy atom. The lowest BCUT2D eigenvalue weighted by molar-refractivity contribution is -0.148. The van der Waals surface area contributed by atoms with Crippen LogP contribution in [-0.4, -0.2) is 18.3 Å². The maximum absolute atomic E-state index is 12.9. The van der Waals surface area contributed by atoms with E-state index >= 15 is 0 Å². The van der Waals surface area contributed by atoms with Gasteiger partial charge < -0.3 is 4.74 Å². The normalized spacial score (nSPS) is 16.1. The third-order valence-corrected chi connectivity index (χ3v) is 4.72. The highest BCUT2D eigenvalue weighted by molar-refractivity contribution is 6.09. The van der Waals surface area contributed by atoms with Crippen LogP contribution in [0.4, 0.5) is 5.69 Å². The maximum Gasteiger partial charge on any atom is 0.321 e. The summed E-state index contributed by atoms with van der Waals surface area (Å²) in [4.78, 5) is 17.5. The monoisotopic (exact) mass is 365 g/mol. The van der Waals surface area contributed by atoms with Gasteiger partial charge in [0.1, 0.15) is 5.41 Å². The van der Waals surface area contributed by atoms with Crippen LogP contribution in [0.5, 0.6) is 0 Å². The van der Waals surface area contributed by atoms with Gasteiger partial charge >= 0.3 is 5.97 Å². The average molecular weight is 366 g/mol. The Hall–Kier alpha value is -2.68. The van der Waals surface area contributed by atoms with E-state index < -0.39 is 17.8 Å². The average Bonchev–Trinajstić information content (AvgIpc) is 2.68. The summed E-state index contributed by atoms with van der Waals surface area (Å²) in [5.41, 5.74) is 1.62. The molecule has 3 heteroatoms. The van der Waals surface area contributed by atoms with Gasteiger partial charge in [0.15, 0.2) is 0 Å². The van der Waals surface area contributed by atoms with Crippen molar-refractivity contribution in [3.63, 3.8) is 0 Å². The van der Waals surface area contributed by atoms with E-state index in [1.165, 1.54) is 6.08 Å². The van der Waals surface area contributed by atoms with E-state index in [0.29, 0.717) is 11.3 Å². The number of esters is 1. The molecule has 0 heterocycles. The van der Waals surface area contributed by atoms with Crippen molar-refractivity contribution in [1.29, 1.82) is 0 Å². The number of allylic oxidation sites excluding steroid dienone is 1. The number of benzene rings is 2. The number of aryl methyl sites for hydroxylation is 1. The van der Waals surface area contributed by atoms with Crippen molar-refractivity contribution in [2.45, 2.75) is 40.5 Å². The predicted molar refractivity (Wildman–Crippen MR) is 112 cm³/mol. The van der Waals surface area contributed by atoms with E-state index in [4.69, 9.17) is 7.48 Å². The van der Waals surface area contributed by atoms with Crippen molar-refractivity contribution in [2.24, 2.45) is 10.4 Å². The first kappa shape index (κ1) is 17.7. The second-order valence-corrected chi connectivity index (χ2v) is 6.57. The van der Waals surface area contributed by atoms with Crippen molar-refractivity contribution in [3.8, 4) is 0 Å². The van der Waals surface area contributed by atoms with Gasteiger partial charge in [0.2, 0.25) is 0 Å². The summed E-state index contributed by atoms with van der Waals surface area (Å²) in [7, 11) is 0. The fraction of sp³-hybridized carbons (Fsp3) is 0.333. The van der Waals surface area contributed by atoms with Gasteiger partial charge in [-0.15, -0.1) is 0 Å². The van der Waals surface area contributed by atoms with Gasteiger partial charge in [-0.1, -0.05) is 60.2 Å². The Balaban J connectivity index is 2.43. The van der Waals surface area contributed by atoms with Crippen molar-refractivity contribution < 1.29 is 12.3 Å². The Kier molecular flexibility index (Phi) is 6.47. The maximum atomic E-state index is 12.9. The van der Waals surface area contributed by atoms with E-state index in [0.717, 1.165) is 11.3 Å². The number of carbonyl (C=O) groups excluding carboxylic acids is 1. The number of para-hydroxylation sites is 1. The third-order valence-electron chi connectivity index (χ3n) is 4.72. The van der Waals surface area contributed by atoms with Gasteiger partial charge in [0, 0.05) is 8.45 Å². The van der Waals surface area contributed by atoms with Crippen LogP contribution in [0.3, 0.4) is 0 Å². The summed E-state index contributed by atoms with van der Waals surface area (Å²) in [5, 5.41) is 0. The topological polar surface area (TPSA) is 38.7 Å². The van der Waals surface area contributed by atoms with Crippen LogP contribution in [0.2, 0.25) is 0 Å². The Morgan fingerprint density at radius 2 is 1.70 bits per heavy atom. The molecule has 0 saturated heterocycles. The fourth-order valence-electron chi connectivity index (χ4n) is 2.74. The van der Waals surface area contributed by atoms with Crippen molar-refractivity contribution in [1.82, 2.24) is 0 Å². The van der Waals surface area contributed by atoms with Crippen LogP contribution < -0.4 is 0 Å². The van der Waals surface area contributed by atoms with Gasteiger partial charge in [-0.05, 0) is 58.2 Å². The molecule has 0 amide bonds. The number of hydrogen-bond acceptors (Lipinski definition) is 3. The molecule has 0 aliphatic heterocycles. The molecular formula is C24H29NO2. The second-order valence-electron chi connectivity index (χ2n) is 6.57. The van der Waals surface area contributed by atoms with Crippen molar-refractivity contribution >= 4 is 17.4 Å². The Bertz CT molecular complexity index is 876. The van der Waals surface area contributed by atoms with Gasteiger partial charge in [-0.3, -0.25) is 9.79 Å². The molecule has 0 aromatic heterocycles. The summed E-state index contributed by atoms with van der Waals surface area (Å²) in [6.45, 7) is 7.31. The minimum atomic E-state index is -1.62. The lowest BCUT2D eigenvalue weighted by atomic mass is 9.78. The Labute approximate surface area is 165 Å². The molecule has 2 rings (SSSR count). The number of carbonyl (C=O) groups is 1. The van der Waals surface area contributed by atoms with E-state index in [9.17, 15) is 4.79 Å². The summed E-state index contributed by atoms with van der Waals surface area (Å²) in [6.07, 6.45) is 0.131. The summed E-state index contributed by atoms with van der Waals surface area (Å²) in [6, 6.07) is 18.9. The number of rotatable bonds is 8. The van der Waals surface area contributed by atoms with Crippen LogP contribution in [-0.2, 0) is 16.0 Å². The predicted octanol–water partition coefficient (Wildman–Crippen LogP) is 5.93. The molecule has 0 saturated carbocycles. The fourth-order valence-corrected chi connectivity index (χ4v) is 2.74. The van der Waals surface area contributed by atoms with Gasteiger partial charge in [0.25, 0.3) is 0 Å². The zero-order chi connectivity index (χ0) is 21.5. The summed E-state index contributed by atoms with van der Waals surface area (Å²) in [5.74, 6) is -0.429. The van der Waals surface area contributed by atoms with Crippen molar-refractivity contribution in [2.75, 3.05) is 6.61 Å². The first-order valence-corrected chi connectivity index (χ1v) is 9.21. The molecule has 142 valence electrons. The molecule has 0 aliphatic rings. The van der Waals surface area contributed by atoms with Crippen LogP contribution in [0.1, 0.15) is 42.4 Å². The van der Waals surface area contributed by atoms with Crippen molar-refractivity contribution in [3.05, 3.63) is 77.9 Å². The van der Waals surface area contributed by atoms with E-state index in [2.05, 4.69) is 4.99 Å². The molecule has 0 radical (unpaired) electrons. The summed E-state index contributed by atoms with van der Waals surface area (Å²) >= 11 is 0. The standard InChI is InChI=1S/C24H29NO2/c1-5-27-23(26)24(4,20(3)25-22-17-10-7-11-18-22)19(2)13-12-16-21-14-8-6-9-15-21/h6-11,13-15,17-18H,5,12,16H2,1-4H3/b19-13+,25-20?/i12D2. The van der Waals surface area contributed by atoms with E-state index in [-0.39, 0.29) is 13.0 Å². The lowest BCUT2D eigenvalue weighted by Gasteiger charge is -2.28. The number of hydrogen-bond donors (Lipinski definition) is 0. The molecule has 27 heavy (non-hydrogen) atoms. The molecule has 1 unspecified atom stereocenters. The van der Waals surface area contributed by atoms with Gasteiger partial charge in [-0.25, -0.2) is 0 Å². The van der Waals surface area contributed by atoms with E-state index in [1.807, 2.05) is 60.7 Å². The number of aliphatic imine (C=N–C) groups is 1. The molecule has 0 spiro atoms. The molecule has 0 fully saturated rings. The highest BCUT2D eigenvalue weighted by atomic mass is 16.5. The number of nitrogens with zero attached hydrogens (tertiary/aromatic N) is 1. The smallest absolute Gasteiger partial charge is 0.321 e. The molecule has 1 atom stereocenters. The minimum absolute atomic E-state index is 0.221. The molecule has 0 aliphatic carbocycles. The van der Waals surface area contributed by atoms with Crippen LogP contribution in [0.25, 0.3) is 0 Å². The zero-order valence-corrected chi connectivity index (χ0v) is 16.5. The Morgan fingerprint density at radius 1 is 1.11 bits per heavy atom. The molecule has 2 aromatic rings. The highest BCUT2D eigenvalue weighted by Gasteiger charge is 2.39. The molecule has 3 nitrogen and oxygen atoms in total. The first-order chi connectivity index (χ1) is 13.7. The minimum Gasteiger partial charge on any atom is -0.465 e.